The molecule has 0 spiro atoms. The molecule has 2 unspecified atom stereocenters. The lowest BCUT2D eigenvalue weighted by molar-refractivity contribution is 0.166. The largest absolute Gasteiger partial charge is 0.369 e. The SMILES string of the molecule is NC(=Nc1ccccc1)N1C(c2ccccc2)CCCC1c1ccccc1. The minimum Gasteiger partial charge on any atom is -0.369 e. The smallest absolute Gasteiger partial charge is 0.197 e. The highest BCUT2D eigenvalue weighted by Crippen LogP contribution is 2.41. The maximum absolute atomic E-state index is 6.61. The number of piperidine rings is 1. The first-order valence-corrected chi connectivity index (χ1v) is 9.60. The first kappa shape index (κ1) is 17.3. The van der Waals surface area contributed by atoms with Crippen molar-refractivity contribution in [3.05, 3.63) is 102 Å². The van der Waals surface area contributed by atoms with E-state index < -0.39 is 0 Å². The van der Waals surface area contributed by atoms with E-state index in [9.17, 15) is 0 Å². The van der Waals surface area contributed by atoms with Crippen molar-refractivity contribution in [2.75, 3.05) is 0 Å². The Morgan fingerprint density at radius 3 is 1.63 bits per heavy atom. The number of nitrogens with two attached hydrogens (primary N) is 1. The molecular formula is C24H25N3. The highest BCUT2D eigenvalue weighted by molar-refractivity contribution is 5.82. The van der Waals surface area contributed by atoms with Gasteiger partial charge in [0.15, 0.2) is 5.96 Å². The lowest BCUT2D eigenvalue weighted by atomic mass is 9.88. The fourth-order valence-corrected chi connectivity index (χ4v) is 4.02. The van der Waals surface area contributed by atoms with Gasteiger partial charge in [0, 0.05) is 0 Å². The molecule has 0 radical (unpaired) electrons. The molecule has 1 saturated heterocycles. The van der Waals surface area contributed by atoms with Gasteiger partial charge >= 0.3 is 0 Å². The Morgan fingerprint density at radius 2 is 1.15 bits per heavy atom. The molecule has 3 aromatic rings. The van der Waals surface area contributed by atoms with Gasteiger partial charge in [-0.25, -0.2) is 4.99 Å². The van der Waals surface area contributed by atoms with Crippen molar-refractivity contribution in [2.24, 2.45) is 10.7 Å². The van der Waals surface area contributed by atoms with Crippen LogP contribution >= 0.6 is 0 Å². The summed E-state index contributed by atoms with van der Waals surface area (Å²) in [5.74, 6) is 0.587. The average molecular weight is 355 g/mol. The molecule has 2 N–H and O–H groups in total. The third kappa shape index (κ3) is 3.87. The molecule has 1 aliphatic heterocycles. The lowest BCUT2D eigenvalue weighted by Gasteiger charge is -2.43. The highest BCUT2D eigenvalue weighted by Gasteiger charge is 2.33. The molecule has 0 amide bonds. The Balaban J connectivity index is 1.76. The van der Waals surface area contributed by atoms with Gasteiger partial charge in [0.25, 0.3) is 0 Å². The number of para-hydroxylation sites is 1. The Bertz CT molecular complexity index is 828. The lowest BCUT2D eigenvalue weighted by Crippen LogP contribution is -2.44. The van der Waals surface area contributed by atoms with Crippen LogP contribution in [0.25, 0.3) is 0 Å². The van der Waals surface area contributed by atoms with E-state index in [1.807, 2.05) is 30.3 Å². The summed E-state index contributed by atoms with van der Waals surface area (Å²) in [5.41, 5.74) is 10.1. The summed E-state index contributed by atoms with van der Waals surface area (Å²) in [6.45, 7) is 0. The number of aliphatic imine (C=N–C) groups is 1. The van der Waals surface area contributed by atoms with Gasteiger partial charge in [-0.2, -0.15) is 0 Å². The third-order valence-corrected chi connectivity index (χ3v) is 5.26. The summed E-state index contributed by atoms with van der Waals surface area (Å²) < 4.78 is 0. The van der Waals surface area contributed by atoms with E-state index in [0.29, 0.717) is 5.96 Å². The van der Waals surface area contributed by atoms with Crippen LogP contribution in [0.1, 0.15) is 42.5 Å². The number of hydrogen-bond donors (Lipinski definition) is 1. The van der Waals surface area contributed by atoms with E-state index in [1.165, 1.54) is 17.5 Å². The van der Waals surface area contributed by atoms with Gasteiger partial charge in [-0.1, -0.05) is 78.9 Å². The Labute approximate surface area is 161 Å². The summed E-state index contributed by atoms with van der Waals surface area (Å²) in [6.07, 6.45) is 3.34. The molecule has 2 atom stereocenters. The van der Waals surface area contributed by atoms with Crippen LogP contribution in [0.15, 0.2) is 96.0 Å². The molecule has 27 heavy (non-hydrogen) atoms. The molecule has 3 nitrogen and oxygen atoms in total. The number of likely N-dealkylation sites (tertiary alicyclic amines) is 1. The average Bonchev–Trinajstić information content (AvgIpc) is 2.75. The van der Waals surface area contributed by atoms with Gasteiger partial charge in [0.05, 0.1) is 17.8 Å². The first-order chi connectivity index (χ1) is 13.3. The molecule has 1 heterocycles. The predicted molar refractivity (Wildman–Crippen MR) is 112 cm³/mol. The van der Waals surface area contributed by atoms with Gasteiger partial charge in [-0.15, -0.1) is 0 Å². The van der Waals surface area contributed by atoms with E-state index in [4.69, 9.17) is 10.7 Å². The monoisotopic (exact) mass is 355 g/mol. The van der Waals surface area contributed by atoms with Crippen LogP contribution in [0.2, 0.25) is 0 Å². The topological polar surface area (TPSA) is 41.6 Å². The fourth-order valence-electron chi connectivity index (χ4n) is 4.02. The molecule has 0 saturated carbocycles. The van der Waals surface area contributed by atoms with Gasteiger partial charge < -0.3 is 10.6 Å². The van der Waals surface area contributed by atoms with Crippen molar-refractivity contribution < 1.29 is 0 Å². The van der Waals surface area contributed by atoms with Gasteiger partial charge in [0.2, 0.25) is 0 Å². The molecule has 0 aromatic heterocycles. The molecule has 1 fully saturated rings. The fraction of sp³-hybridized carbons (Fsp3) is 0.208. The number of benzene rings is 3. The summed E-state index contributed by atoms with van der Waals surface area (Å²) >= 11 is 0. The molecule has 1 aliphatic rings. The summed E-state index contributed by atoms with van der Waals surface area (Å²) in [6, 6.07) is 31.7. The Kier molecular flexibility index (Phi) is 5.20. The number of hydrogen-bond acceptors (Lipinski definition) is 1. The maximum Gasteiger partial charge on any atom is 0.197 e. The Morgan fingerprint density at radius 1 is 0.704 bits per heavy atom. The zero-order chi connectivity index (χ0) is 18.5. The molecule has 4 rings (SSSR count). The van der Waals surface area contributed by atoms with Crippen molar-refractivity contribution in [1.82, 2.24) is 4.90 Å². The number of guanidine groups is 1. The molecular weight excluding hydrogens is 330 g/mol. The summed E-state index contributed by atoms with van der Waals surface area (Å²) in [4.78, 5) is 7.08. The van der Waals surface area contributed by atoms with Crippen molar-refractivity contribution in [2.45, 2.75) is 31.3 Å². The second kappa shape index (κ2) is 8.09. The molecule has 3 heteroatoms. The van der Waals surface area contributed by atoms with Crippen LogP contribution in [0, 0.1) is 0 Å². The van der Waals surface area contributed by atoms with E-state index in [1.54, 1.807) is 0 Å². The normalized spacial score (nSPS) is 20.4. The van der Waals surface area contributed by atoms with Crippen LogP contribution in [0.3, 0.4) is 0 Å². The van der Waals surface area contributed by atoms with Crippen molar-refractivity contribution in [3.63, 3.8) is 0 Å². The minimum absolute atomic E-state index is 0.234. The van der Waals surface area contributed by atoms with Crippen molar-refractivity contribution in [1.29, 1.82) is 0 Å². The minimum atomic E-state index is 0.234. The second-order valence-corrected chi connectivity index (χ2v) is 7.00. The van der Waals surface area contributed by atoms with Crippen LogP contribution in [-0.2, 0) is 0 Å². The first-order valence-electron chi connectivity index (χ1n) is 9.60. The molecule has 0 aliphatic carbocycles. The van der Waals surface area contributed by atoms with E-state index in [0.717, 1.165) is 18.5 Å². The quantitative estimate of drug-likeness (QED) is 0.491. The van der Waals surface area contributed by atoms with E-state index in [2.05, 4.69) is 65.6 Å². The van der Waals surface area contributed by atoms with Crippen LogP contribution < -0.4 is 5.73 Å². The van der Waals surface area contributed by atoms with Gasteiger partial charge in [-0.05, 0) is 42.5 Å². The van der Waals surface area contributed by atoms with Crippen LogP contribution in [0.4, 0.5) is 5.69 Å². The third-order valence-electron chi connectivity index (χ3n) is 5.26. The van der Waals surface area contributed by atoms with Gasteiger partial charge in [0.1, 0.15) is 0 Å². The van der Waals surface area contributed by atoms with Crippen molar-refractivity contribution in [3.8, 4) is 0 Å². The molecule has 3 aromatic carbocycles. The zero-order valence-electron chi connectivity index (χ0n) is 15.4. The van der Waals surface area contributed by atoms with Crippen molar-refractivity contribution >= 4 is 11.6 Å². The number of rotatable bonds is 3. The summed E-state index contributed by atoms with van der Waals surface area (Å²) in [7, 11) is 0. The highest BCUT2D eigenvalue weighted by atomic mass is 15.3. The number of nitrogens with zero attached hydrogens (tertiary/aromatic N) is 2. The van der Waals surface area contributed by atoms with Crippen LogP contribution in [0.5, 0.6) is 0 Å². The van der Waals surface area contributed by atoms with E-state index >= 15 is 0 Å². The molecule has 136 valence electrons. The van der Waals surface area contributed by atoms with Gasteiger partial charge in [-0.3, -0.25) is 0 Å². The molecule has 0 bridgehead atoms. The van der Waals surface area contributed by atoms with E-state index in [-0.39, 0.29) is 12.1 Å². The zero-order valence-corrected chi connectivity index (χ0v) is 15.4. The van der Waals surface area contributed by atoms with Crippen LogP contribution in [-0.4, -0.2) is 10.9 Å². The summed E-state index contributed by atoms with van der Waals surface area (Å²) in [5, 5.41) is 0. The standard InChI is InChI=1S/C24H25N3/c25-24(26-21-15-8-3-9-16-21)27-22(19-11-4-1-5-12-19)17-10-18-23(27)20-13-6-2-7-14-20/h1-9,11-16,22-23H,10,17-18H2,(H2,25,26). The predicted octanol–water partition coefficient (Wildman–Crippen LogP) is 5.60. The Hall–Kier alpha value is -3.07. The second-order valence-electron chi connectivity index (χ2n) is 7.00. The maximum atomic E-state index is 6.61.